The van der Waals surface area contributed by atoms with Gasteiger partial charge < -0.3 is 5.32 Å². The van der Waals surface area contributed by atoms with Crippen molar-refractivity contribution in [2.75, 3.05) is 6.54 Å². The SMILES string of the molecule is CCc1cc(CC2CCC2CNC(C)C)n(CC)n1. The molecule has 0 aliphatic heterocycles. The van der Waals surface area contributed by atoms with Crippen LogP contribution in [0.1, 0.15) is 51.9 Å². The first-order chi connectivity index (χ1) is 9.13. The van der Waals surface area contributed by atoms with Crippen molar-refractivity contribution >= 4 is 0 Å². The fourth-order valence-electron chi connectivity index (χ4n) is 2.96. The Kier molecular flexibility index (Phi) is 5.03. The molecule has 1 aliphatic rings. The van der Waals surface area contributed by atoms with Crippen molar-refractivity contribution in [3.8, 4) is 0 Å². The van der Waals surface area contributed by atoms with Crippen molar-refractivity contribution in [3.63, 3.8) is 0 Å². The van der Waals surface area contributed by atoms with E-state index in [0.29, 0.717) is 6.04 Å². The van der Waals surface area contributed by atoms with Crippen LogP contribution in [0.15, 0.2) is 6.07 Å². The van der Waals surface area contributed by atoms with Gasteiger partial charge in [0.1, 0.15) is 0 Å². The first-order valence-electron chi connectivity index (χ1n) is 7.93. The first-order valence-corrected chi connectivity index (χ1v) is 7.93. The third kappa shape index (κ3) is 3.59. The molecule has 2 unspecified atom stereocenters. The molecule has 1 aliphatic carbocycles. The third-order valence-electron chi connectivity index (χ3n) is 4.41. The van der Waals surface area contributed by atoms with E-state index in [-0.39, 0.29) is 0 Å². The molecule has 2 atom stereocenters. The van der Waals surface area contributed by atoms with Crippen LogP contribution in [-0.4, -0.2) is 22.4 Å². The fourth-order valence-corrected chi connectivity index (χ4v) is 2.96. The quantitative estimate of drug-likeness (QED) is 0.819. The van der Waals surface area contributed by atoms with Crippen LogP contribution in [0.25, 0.3) is 0 Å². The van der Waals surface area contributed by atoms with Gasteiger partial charge in [-0.05, 0) is 57.1 Å². The van der Waals surface area contributed by atoms with Gasteiger partial charge in [0.15, 0.2) is 0 Å². The van der Waals surface area contributed by atoms with Crippen LogP contribution in [-0.2, 0) is 19.4 Å². The van der Waals surface area contributed by atoms with Crippen molar-refractivity contribution in [2.45, 2.75) is 66.0 Å². The maximum Gasteiger partial charge on any atom is 0.0624 e. The Hall–Kier alpha value is -0.830. The van der Waals surface area contributed by atoms with Crippen LogP contribution in [0.2, 0.25) is 0 Å². The van der Waals surface area contributed by atoms with Crippen LogP contribution < -0.4 is 5.32 Å². The maximum absolute atomic E-state index is 4.66. The molecule has 1 aromatic heterocycles. The van der Waals surface area contributed by atoms with E-state index in [4.69, 9.17) is 0 Å². The van der Waals surface area contributed by atoms with E-state index in [9.17, 15) is 0 Å². The van der Waals surface area contributed by atoms with Gasteiger partial charge in [0.2, 0.25) is 0 Å². The van der Waals surface area contributed by atoms with E-state index in [2.05, 4.69) is 48.9 Å². The Morgan fingerprint density at radius 2 is 2.05 bits per heavy atom. The molecule has 2 rings (SSSR count). The van der Waals surface area contributed by atoms with E-state index in [1.807, 2.05) is 0 Å². The summed E-state index contributed by atoms with van der Waals surface area (Å²) in [6.45, 7) is 11.0. The van der Waals surface area contributed by atoms with Gasteiger partial charge in [-0.3, -0.25) is 4.68 Å². The largest absolute Gasteiger partial charge is 0.314 e. The lowest BCUT2D eigenvalue weighted by molar-refractivity contribution is 0.165. The molecule has 0 aromatic carbocycles. The number of aromatic nitrogens is 2. The normalized spacial score (nSPS) is 22.8. The highest BCUT2D eigenvalue weighted by Crippen LogP contribution is 2.36. The second kappa shape index (κ2) is 6.56. The van der Waals surface area contributed by atoms with Crippen LogP contribution in [0.3, 0.4) is 0 Å². The minimum atomic E-state index is 0.606. The molecule has 0 spiro atoms. The summed E-state index contributed by atoms with van der Waals surface area (Å²) in [7, 11) is 0. The Balaban J connectivity index is 1.91. The van der Waals surface area contributed by atoms with Crippen LogP contribution >= 0.6 is 0 Å². The lowest BCUT2D eigenvalue weighted by Crippen LogP contribution is -2.39. The highest BCUT2D eigenvalue weighted by Gasteiger charge is 2.31. The average molecular weight is 263 g/mol. The molecule has 0 radical (unpaired) electrons. The molecule has 19 heavy (non-hydrogen) atoms. The van der Waals surface area contributed by atoms with Gasteiger partial charge in [0.25, 0.3) is 0 Å². The highest BCUT2D eigenvalue weighted by molar-refractivity contribution is 5.12. The van der Waals surface area contributed by atoms with Crippen LogP contribution in [0.4, 0.5) is 0 Å². The molecular formula is C16H29N3. The van der Waals surface area contributed by atoms with E-state index in [1.165, 1.54) is 37.2 Å². The number of aryl methyl sites for hydroxylation is 2. The van der Waals surface area contributed by atoms with Crippen molar-refractivity contribution < 1.29 is 0 Å². The molecule has 0 saturated heterocycles. The smallest absolute Gasteiger partial charge is 0.0624 e. The maximum atomic E-state index is 4.66. The van der Waals surface area contributed by atoms with Gasteiger partial charge >= 0.3 is 0 Å². The number of rotatable bonds is 7. The average Bonchev–Trinajstić information content (AvgIpc) is 2.76. The van der Waals surface area contributed by atoms with Gasteiger partial charge in [-0.25, -0.2) is 0 Å². The van der Waals surface area contributed by atoms with Gasteiger partial charge in [-0.15, -0.1) is 0 Å². The minimum Gasteiger partial charge on any atom is -0.314 e. The van der Waals surface area contributed by atoms with E-state index >= 15 is 0 Å². The summed E-state index contributed by atoms with van der Waals surface area (Å²) in [5, 5.41) is 8.24. The van der Waals surface area contributed by atoms with Gasteiger partial charge in [-0.1, -0.05) is 20.8 Å². The number of hydrogen-bond donors (Lipinski definition) is 1. The number of hydrogen-bond acceptors (Lipinski definition) is 2. The molecule has 1 heterocycles. The van der Waals surface area contributed by atoms with Crippen molar-refractivity contribution in [1.82, 2.24) is 15.1 Å². The second-order valence-electron chi connectivity index (χ2n) is 6.16. The third-order valence-corrected chi connectivity index (χ3v) is 4.41. The predicted octanol–water partition coefficient (Wildman–Crippen LogP) is 3.03. The van der Waals surface area contributed by atoms with Crippen LogP contribution in [0, 0.1) is 11.8 Å². The summed E-state index contributed by atoms with van der Waals surface area (Å²) in [5.41, 5.74) is 2.69. The Morgan fingerprint density at radius 3 is 2.58 bits per heavy atom. The monoisotopic (exact) mass is 263 g/mol. The topological polar surface area (TPSA) is 29.9 Å². The number of nitrogens with zero attached hydrogens (tertiary/aromatic N) is 2. The van der Waals surface area contributed by atoms with E-state index in [1.54, 1.807) is 0 Å². The zero-order chi connectivity index (χ0) is 13.8. The van der Waals surface area contributed by atoms with Gasteiger partial charge in [0.05, 0.1) is 5.69 Å². The Morgan fingerprint density at radius 1 is 1.32 bits per heavy atom. The minimum absolute atomic E-state index is 0.606. The molecule has 1 saturated carbocycles. The summed E-state index contributed by atoms with van der Waals surface area (Å²) in [4.78, 5) is 0. The summed E-state index contributed by atoms with van der Waals surface area (Å²) < 4.78 is 2.20. The fraction of sp³-hybridized carbons (Fsp3) is 0.812. The van der Waals surface area contributed by atoms with Gasteiger partial charge in [-0.2, -0.15) is 5.10 Å². The summed E-state index contributed by atoms with van der Waals surface area (Å²) in [6, 6.07) is 2.92. The molecule has 108 valence electrons. The van der Waals surface area contributed by atoms with Crippen molar-refractivity contribution in [2.24, 2.45) is 11.8 Å². The molecular weight excluding hydrogens is 234 g/mol. The summed E-state index contributed by atoms with van der Waals surface area (Å²) >= 11 is 0. The molecule has 0 bridgehead atoms. The predicted molar refractivity (Wildman–Crippen MR) is 80.3 cm³/mol. The Bertz CT molecular complexity index is 395. The van der Waals surface area contributed by atoms with Crippen molar-refractivity contribution in [3.05, 3.63) is 17.5 Å². The number of nitrogens with one attached hydrogen (secondary N) is 1. The highest BCUT2D eigenvalue weighted by atomic mass is 15.3. The zero-order valence-corrected chi connectivity index (χ0v) is 12.9. The summed E-state index contributed by atoms with van der Waals surface area (Å²) in [5.74, 6) is 1.73. The lowest BCUT2D eigenvalue weighted by atomic mass is 9.71. The van der Waals surface area contributed by atoms with Gasteiger partial charge in [0, 0.05) is 18.3 Å². The molecule has 1 N–H and O–H groups in total. The first kappa shape index (κ1) is 14.6. The molecule has 1 fully saturated rings. The van der Waals surface area contributed by atoms with Crippen LogP contribution in [0.5, 0.6) is 0 Å². The molecule has 0 amide bonds. The van der Waals surface area contributed by atoms with E-state index < -0.39 is 0 Å². The van der Waals surface area contributed by atoms with E-state index in [0.717, 1.165) is 24.8 Å². The molecule has 3 heteroatoms. The molecule has 1 aromatic rings. The standard InChI is InChI=1S/C16H29N3/c1-5-15-10-16(19(6-2)18-15)9-13-7-8-14(13)11-17-12(3)4/h10,12-14,17H,5-9,11H2,1-4H3. The van der Waals surface area contributed by atoms with Crippen molar-refractivity contribution in [1.29, 1.82) is 0 Å². The second-order valence-corrected chi connectivity index (χ2v) is 6.16. The summed E-state index contributed by atoms with van der Waals surface area (Å²) in [6.07, 6.45) is 5.04. The Labute approximate surface area is 117 Å². The lowest BCUT2D eigenvalue weighted by Gasteiger charge is -2.37. The molecule has 3 nitrogen and oxygen atoms in total. The zero-order valence-electron chi connectivity index (χ0n) is 12.9.